The first kappa shape index (κ1) is 14.4. The largest absolute Gasteiger partial charge is 0.326 e. The highest BCUT2D eigenvalue weighted by molar-refractivity contribution is 8.00. The summed E-state index contributed by atoms with van der Waals surface area (Å²) >= 11 is 3.94. The van der Waals surface area contributed by atoms with Crippen molar-refractivity contribution < 1.29 is 0 Å². The van der Waals surface area contributed by atoms with Crippen LogP contribution in [0, 0.1) is 0 Å². The number of nitrogens with two attached hydrogens (primary N) is 1. The number of nitrogens with zero attached hydrogens (tertiary/aromatic N) is 1. The van der Waals surface area contributed by atoms with Crippen LogP contribution >= 0.6 is 23.1 Å². The van der Waals surface area contributed by atoms with Gasteiger partial charge in [0.1, 0.15) is 0 Å². The normalized spacial score (nSPS) is 29.1. The first-order chi connectivity index (χ1) is 8.61. The molecule has 1 fully saturated rings. The van der Waals surface area contributed by atoms with Gasteiger partial charge in [0.25, 0.3) is 0 Å². The number of rotatable bonds is 4. The van der Waals surface area contributed by atoms with E-state index in [0.29, 0.717) is 16.5 Å². The molecule has 1 aromatic heterocycles. The van der Waals surface area contributed by atoms with E-state index in [1.807, 2.05) is 11.3 Å². The van der Waals surface area contributed by atoms with Crippen LogP contribution in [0.25, 0.3) is 0 Å². The van der Waals surface area contributed by atoms with Gasteiger partial charge in [0.15, 0.2) is 0 Å². The van der Waals surface area contributed by atoms with Crippen molar-refractivity contribution in [3.05, 3.63) is 22.4 Å². The molecule has 102 valence electrons. The van der Waals surface area contributed by atoms with Gasteiger partial charge in [-0.25, -0.2) is 0 Å². The van der Waals surface area contributed by atoms with Crippen molar-refractivity contribution in [2.45, 2.75) is 49.8 Å². The molecule has 4 unspecified atom stereocenters. The minimum Gasteiger partial charge on any atom is -0.326 e. The van der Waals surface area contributed by atoms with Gasteiger partial charge in [0.05, 0.1) is 6.04 Å². The van der Waals surface area contributed by atoms with Gasteiger partial charge >= 0.3 is 0 Å². The summed E-state index contributed by atoms with van der Waals surface area (Å²) in [4.78, 5) is 4.03. The Hall–Kier alpha value is -0.0300. The van der Waals surface area contributed by atoms with Gasteiger partial charge in [-0.15, -0.1) is 11.3 Å². The van der Waals surface area contributed by atoms with E-state index in [1.165, 1.54) is 4.88 Å². The van der Waals surface area contributed by atoms with Crippen LogP contribution in [0.1, 0.15) is 38.1 Å². The number of thioether (sulfide) groups is 1. The molecule has 1 aliphatic rings. The second-order valence-electron chi connectivity index (χ2n) is 5.24. The van der Waals surface area contributed by atoms with Crippen LogP contribution < -0.4 is 5.73 Å². The maximum absolute atomic E-state index is 6.39. The molecule has 0 bridgehead atoms. The number of hydrogen-bond acceptors (Lipinski definition) is 4. The molecule has 2 rings (SSSR count). The second kappa shape index (κ2) is 6.42. The minimum atomic E-state index is 0.242. The smallest absolute Gasteiger partial charge is 0.0594 e. The van der Waals surface area contributed by atoms with E-state index in [0.717, 1.165) is 19.5 Å². The van der Waals surface area contributed by atoms with Crippen molar-refractivity contribution in [3.63, 3.8) is 0 Å². The van der Waals surface area contributed by atoms with Crippen LogP contribution in [0.2, 0.25) is 0 Å². The predicted molar refractivity (Wildman–Crippen MR) is 83.4 cm³/mol. The van der Waals surface area contributed by atoms with Gasteiger partial charge in [-0.1, -0.05) is 26.8 Å². The van der Waals surface area contributed by atoms with Crippen molar-refractivity contribution in [1.29, 1.82) is 0 Å². The SMILES string of the molecule is CCC(N)C(c1cccs1)N1CC(C)SC(C)C1. The maximum Gasteiger partial charge on any atom is 0.0594 e. The van der Waals surface area contributed by atoms with E-state index >= 15 is 0 Å². The minimum absolute atomic E-state index is 0.242. The van der Waals surface area contributed by atoms with E-state index in [2.05, 4.69) is 54.9 Å². The summed E-state index contributed by atoms with van der Waals surface area (Å²) in [6.07, 6.45) is 1.04. The third kappa shape index (κ3) is 3.29. The number of hydrogen-bond donors (Lipinski definition) is 1. The van der Waals surface area contributed by atoms with Crippen LogP contribution in [-0.4, -0.2) is 34.5 Å². The molecule has 4 heteroatoms. The van der Waals surface area contributed by atoms with Crippen molar-refractivity contribution in [3.8, 4) is 0 Å². The first-order valence-corrected chi connectivity index (χ1v) is 8.62. The summed E-state index contributed by atoms with van der Waals surface area (Å²) in [5.74, 6) is 0. The Kier molecular flexibility index (Phi) is 5.13. The molecule has 1 aliphatic heterocycles. The fourth-order valence-electron chi connectivity index (χ4n) is 2.79. The molecule has 0 radical (unpaired) electrons. The van der Waals surface area contributed by atoms with Gasteiger partial charge in [-0.05, 0) is 17.9 Å². The lowest BCUT2D eigenvalue weighted by Gasteiger charge is -2.41. The Bertz CT molecular complexity index is 343. The molecule has 0 aromatic carbocycles. The zero-order chi connectivity index (χ0) is 13.1. The summed E-state index contributed by atoms with van der Waals surface area (Å²) in [5, 5.41) is 3.58. The molecule has 0 saturated carbocycles. The molecule has 0 amide bonds. The lowest BCUT2D eigenvalue weighted by molar-refractivity contribution is 0.170. The molecule has 0 aliphatic carbocycles. The van der Waals surface area contributed by atoms with Gasteiger partial charge < -0.3 is 5.73 Å². The van der Waals surface area contributed by atoms with Crippen molar-refractivity contribution in [2.24, 2.45) is 5.73 Å². The molecule has 1 saturated heterocycles. The second-order valence-corrected chi connectivity index (χ2v) is 8.10. The molecule has 0 spiro atoms. The Morgan fingerprint density at radius 1 is 1.39 bits per heavy atom. The average molecular weight is 284 g/mol. The van der Waals surface area contributed by atoms with E-state index in [-0.39, 0.29) is 6.04 Å². The summed E-state index contributed by atoms with van der Waals surface area (Å²) in [6.45, 7) is 9.17. The Labute approximate surface area is 119 Å². The Morgan fingerprint density at radius 2 is 2.06 bits per heavy atom. The molecule has 2 heterocycles. The van der Waals surface area contributed by atoms with Gasteiger partial charge in [-0.3, -0.25) is 4.90 Å². The fraction of sp³-hybridized carbons (Fsp3) is 0.714. The van der Waals surface area contributed by atoms with Crippen LogP contribution in [0.5, 0.6) is 0 Å². The first-order valence-electron chi connectivity index (χ1n) is 6.80. The predicted octanol–water partition coefficient (Wildman–Crippen LogP) is 3.35. The molecule has 2 N–H and O–H groups in total. The quantitative estimate of drug-likeness (QED) is 0.919. The standard InChI is InChI=1S/C14H24N2S2/c1-4-12(15)14(13-6-5-7-17-13)16-8-10(2)18-11(3)9-16/h5-7,10-12,14H,4,8-9,15H2,1-3H3. The summed E-state index contributed by atoms with van der Waals surface area (Å²) < 4.78 is 0. The van der Waals surface area contributed by atoms with Crippen LogP contribution in [0.15, 0.2) is 17.5 Å². The van der Waals surface area contributed by atoms with E-state index in [9.17, 15) is 0 Å². The summed E-state index contributed by atoms with van der Waals surface area (Å²) in [7, 11) is 0. The van der Waals surface area contributed by atoms with E-state index in [4.69, 9.17) is 5.73 Å². The van der Waals surface area contributed by atoms with E-state index < -0.39 is 0 Å². The van der Waals surface area contributed by atoms with Crippen molar-refractivity contribution >= 4 is 23.1 Å². The fourth-order valence-corrected chi connectivity index (χ4v) is 5.07. The van der Waals surface area contributed by atoms with Crippen LogP contribution in [0.3, 0.4) is 0 Å². The molecular weight excluding hydrogens is 260 g/mol. The highest BCUT2D eigenvalue weighted by Crippen LogP contribution is 2.34. The number of thiophene rings is 1. The maximum atomic E-state index is 6.39. The Balaban J connectivity index is 2.18. The average Bonchev–Trinajstić information content (AvgIpc) is 2.81. The molecular formula is C14H24N2S2. The lowest BCUT2D eigenvalue weighted by atomic mass is 10.0. The van der Waals surface area contributed by atoms with Gasteiger partial charge in [-0.2, -0.15) is 11.8 Å². The molecule has 2 nitrogen and oxygen atoms in total. The van der Waals surface area contributed by atoms with Crippen molar-refractivity contribution in [1.82, 2.24) is 4.90 Å². The lowest BCUT2D eigenvalue weighted by Crippen LogP contribution is -2.48. The summed E-state index contributed by atoms with van der Waals surface area (Å²) in [5.41, 5.74) is 6.39. The third-order valence-corrected chi connectivity index (χ3v) is 5.72. The zero-order valence-corrected chi connectivity index (χ0v) is 13.1. The monoisotopic (exact) mass is 284 g/mol. The summed E-state index contributed by atoms with van der Waals surface area (Å²) in [6, 6.07) is 5.02. The van der Waals surface area contributed by atoms with Gasteiger partial charge in [0.2, 0.25) is 0 Å². The Morgan fingerprint density at radius 3 is 2.56 bits per heavy atom. The molecule has 18 heavy (non-hydrogen) atoms. The van der Waals surface area contributed by atoms with Crippen LogP contribution in [-0.2, 0) is 0 Å². The van der Waals surface area contributed by atoms with Gasteiger partial charge in [0, 0.05) is 34.5 Å². The topological polar surface area (TPSA) is 29.3 Å². The van der Waals surface area contributed by atoms with Crippen LogP contribution in [0.4, 0.5) is 0 Å². The third-order valence-electron chi connectivity index (χ3n) is 3.55. The highest BCUT2D eigenvalue weighted by atomic mass is 32.2. The van der Waals surface area contributed by atoms with Crippen molar-refractivity contribution in [2.75, 3.05) is 13.1 Å². The van der Waals surface area contributed by atoms with E-state index in [1.54, 1.807) is 0 Å². The molecule has 1 aromatic rings. The highest BCUT2D eigenvalue weighted by Gasteiger charge is 2.32. The molecule has 4 atom stereocenters. The zero-order valence-electron chi connectivity index (χ0n) is 11.5.